The van der Waals surface area contributed by atoms with E-state index in [0.717, 1.165) is 50.2 Å². The van der Waals surface area contributed by atoms with Gasteiger partial charge < -0.3 is 15.0 Å². The molecule has 5 heteroatoms. The maximum Gasteiger partial charge on any atom is 0.229 e. The van der Waals surface area contributed by atoms with Gasteiger partial charge in [-0.3, -0.25) is 0 Å². The van der Waals surface area contributed by atoms with Gasteiger partial charge in [0.1, 0.15) is 5.60 Å². The number of hydrogen-bond donors (Lipinski definition) is 1. The largest absolute Gasteiger partial charge is 0.370 e. The number of nitrogens with zero attached hydrogens (tertiary/aromatic N) is 2. The molecule has 2 unspecified atom stereocenters. The molecule has 1 aromatic rings. The predicted octanol–water partition coefficient (Wildman–Crippen LogP) is 2.72. The van der Waals surface area contributed by atoms with E-state index in [9.17, 15) is 0 Å². The van der Waals surface area contributed by atoms with Crippen molar-refractivity contribution >= 4 is 0 Å². The quantitative estimate of drug-likeness (QED) is 0.920. The second-order valence-electron chi connectivity index (χ2n) is 6.63. The van der Waals surface area contributed by atoms with Crippen molar-refractivity contribution in [1.29, 1.82) is 0 Å². The first-order chi connectivity index (χ1) is 9.63. The first-order valence-electron chi connectivity index (χ1n) is 7.78. The van der Waals surface area contributed by atoms with E-state index >= 15 is 0 Å². The zero-order valence-electron chi connectivity index (χ0n) is 12.5. The van der Waals surface area contributed by atoms with E-state index in [0.29, 0.717) is 11.8 Å². The van der Waals surface area contributed by atoms with Crippen molar-refractivity contribution in [1.82, 2.24) is 10.1 Å². The molecule has 2 fully saturated rings. The van der Waals surface area contributed by atoms with Gasteiger partial charge in [0.15, 0.2) is 0 Å². The van der Waals surface area contributed by atoms with Crippen LogP contribution < -0.4 is 5.73 Å². The number of nitrogens with two attached hydrogens (primary N) is 1. The van der Waals surface area contributed by atoms with E-state index in [1.165, 1.54) is 6.42 Å². The van der Waals surface area contributed by atoms with Gasteiger partial charge in [-0.1, -0.05) is 18.5 Å². The minimum absolute atomic E-state index is 0.279. The summed E-state index contributed by atoms with van der Waals surface area (Å²) in [6, 6.07) is 0.279. The maximum atomic E-state index is 5.97. The van der Waals surface area contributed by atoms with Crippen molar-refractivity contribution in [3.63, 3.8) is 0 Å². The average Bonchev–Trinajstić information content (AvgIpc) is 3.07. The molecule has 1 heterocycles. The van der Waals surface area contributed by atoms with Crippen LogP contribution in [0.15, 0.2) is 4.52 Å². The molecule has 0 saturated heterocycles. The van der Waals surface area contributed by atoms with Crippen LogP contribution in [-0.4, -0.2) is 23.3 Å². The normalized spacial score (nSPS) is 38.2. The molecule has 0 aromatic carbocycles. The first-order valence-corrected chi connectivity index (χ1v) is 7.78. The maximum absolute atomic E-state index is 5.97. The van der Waals surface area contributed by atoms with Crippen LogP contribution in [0.3, 0.4) is 0 Å². The smallest absolute Gasteiger partial charge is 0.229 e. The summed E-state index contributed by atoms with van der Waals surface area (Å²) in [5.74, 6) is 2.47. The Labute approximate surface area is 120 Å². The summed E-state index contributed by atoms with van der Waals surface area (Å²) < 4.78 is 11.3. The molecule has 2 aliphatic carbocycles. The van der Waals surface area contributed by atoms with Gasteiger partial charge in [-0.25, -0.2) is 0 Å². The third kappa shape index (κ3) is 2.49. The molecule has 4 atom stereocenters. The number of rotatable bonds is 3. The fourth-order valence-corrected chi connectivity index (χ4v) is 3.81. The zero-order chi connectivity index (χ0) is 14.2. The molecular weight excluding hydrogens is 254 g/mol. The highest BCUT2D eigenvalue weighted by Crippen LogP contribution is 2.42. The molecule has 5 nitrogen and oxygen atoms in total. The molecule has 112 valence electrons. The Bertz CT molecular complexity index is 462. The lowest BCUT2D eigenvalue weighted by Gasteiger charge is -2.36. The Morgan fingerprint density at radius 1 is 1.35 bits per heavy atom. The van der Waals surface area contributed by atoms with E-state index in [2.05, 4.69) is 17.1 Å². The SMILES string of the molecule is COC1(c2noc([C@@H]3CC[C@H](N)C3)n2)CCCC(C)C1. The van der Waals surface area contributed by atoms with Crippen molar-refractivity contribution in [2.75, 3.05) is 7.11 Å². The van der Waals surface area contributed by atoms with Crippen LogP contribution in [0.2, 0.25) is 0 Å². The van der Waals surface area contributed by atoms with Gasteiger partial charge in [-0.05, 0) is 44.4 Å². The van der Waals surface area contributed by atoms with Crippen molar-refractivity contribution in [3.8, 4) is 0 Å². The second-order valence-corrected chi connectivity index (χ2v) is 6.63. The first kappa shape index (κ1) is 14.0. The van der Waals surface area contributed by atoms with E-state index in [1.54, 1.807) is 7.11 Å². The fourth-order valence-electron chi connectivity index (χ4n) is 3.81. The van der Waals surface area contributed by atoms with E-state index in [4.69, 9.17) is 15.0 Å². The number of hydrogen-bond acceptors (Lipinski definition) is 5. The molecule has 0 aliphatic heterocycles. The summed E-state index contributed by atoms with van der Waals surface area (Å²) in [6.45, 7) is 2.27. The highest BCUT2D eigenvalue weighted by atomic mass is 16.5. The monoisotopic (exact) mass is 279 g/mol. The standard InChI is InChI=1S/C15H25N3O2/c1-10-4-3-7-15(9-10,19-2)14-17-13(20-18-14)11-5-6-12(16)8-11/h10-12H,3-9,16H2,1-2H3/t10?,11-,12+,15?/m1/s1. The zero-order valence-corrected chi connectivity index (χ0v) is 12.5. The molecule has 2 saturated carbocycles. The van der Waals surface area contributed by atoms with Gasteiger partial charge in [0.2, 0.25) is 11.7 Å². The molecule has 0 radical (unpaired) electrons. The molecule has 20 heavy (non-hydrogen) atoms. The van der Waals surface area contributed by atoms with Crippen molar-refractivity contribution in [2.45, 2.75) is 69.4 Å². The molecular formula is C15H25N3O2. The van der Waals surface area contributed by atoms with E-state index < -0.39 is 0 Å². The third-order valence-electron chi connectivity index (χ3n) is 5.02. The summed E-state index contributed by atoms with van der Waals surface area (Å²) in [6.07, 6.45) is 7.44. The van der Waals surface area contributed by atoms with Crippen LogP contribution in [-0.2, 0) is 10.3 Å². The molecule has 3 rings (SSSR count). The molecule has 0 bridgehead atoms. The number of ether oxygens (including phenoxy) is 1. The van der Waals surface area contributed by atoms with Crippen LogP contribution in [0.1, 0.15) is 69.5 Å². The second kappa shape index (κ2) is 5.45. The van der Waals surface area contributed by atoms with E-state index in [1.807, 2.05) is 0 Å². The molecule has 2 N–H and O–H groups in total. The summed E-state index contributed by atoms with van der Waals surface area (Å²) in [5, 5.41) is 4.24. The lowest BCUT2D eigenvalue weighted by molar-refractivity contribution is -0.0658. The Balaban J connectivity index is 1.81. The van der Waals surface area contributed by atoms with Gasteiger partial charge in [-0.15, -0.1) is 0 Å². The number of methoxy groups -OCH3 is 1. The molecule has 1 aromatic heterocycles. The van der Waals surface area contributed by atoms with Gasteiger partial charge in [0.25, 0.3) is 0 Å². The Morgan fingerprint density at radius 3 is 2.85 bits per heavy atom. The van der Waals surface area contributed by atoms with Crippen molar-refractivity contribution in [2.24, 2.45) is 11.7 Å². The molecule has 0 amide bonds. The van der Waals surface area contributed by atoms with Crippen LogP contribution >= 0.6 is 0 Å². The summed E-state index contributed by atoms with van der Waals surface area (Å²) in [5.41, 5.74) is 5.62. The van der Waals surface area contributed by atoms with Crippen LogP contribution in [0.5, 0.6) is 0 Å². The predicted molar refractivity (Wildman–Crippen MR) is 75.2 cm³/mol. The summed E-state index contributed by atoms with van der Waals surface area (Å²) >= 11 is 0. The van der Waals surface area contributed by atoms with Gasteiger partial charge in [0, 0.05) is 19.1 Å². The van der Waals surface area contributed by atoms with Gasteiger partial charge >= 0.3 is 0 Å². The Hall–Kier alpha value is -0.940. The van der Waals surface area contributed by atoms with Gasteiger partial charge in [-0.2, -0.15) is 4.98 Å². The topological polar surface area (TPSA) is 74.2 Å². The lowest BCUT2D eigenvalue weighted by Crippen LogP contribution is -2.35. The van der Waals surface area contributed by atoms with Crippen LogP contribution in [0, 0.1) is 5.92 Å². The summed E-state index contributed by atoms with van der Waals surface area (Å²) in [7, 11) is 1.76. The van der Waals surface area contributed by atoms with Crippen molar-refractivity contribution in [3.05, 3.63) is 11.7 Å². The fraction of sp³-hybridized carbons (Fsp3) is 0.867. The molecule has 0 spiro atoms. The van der Waals surface area contributed by atoms with Gasteiger partial charge in [0.05, 0.1) is 0 Å². The van der Waals surface area contributed by atoms with Crippen LogP contribution in [0.25, 0.3) is 0 Å². The minimum atomic E-state index is -0.347. The van der Waals surface area contributed by atoms with Crippen molar-refractivity contribution < 1.29 is 9.26 Å². The minimum Gasteiger partial charge on any atom is -0.370 e. The lowest BCUT2D eigenvalue weighted by atomic mass is 9.78. The highest BCUT2D eigenvalue weighted by molar-refractivity contribution is 5.07. The number of aromatic nitrogens is 2. The third-order valence-corrected chi connectivity index (χ3v) is 5.02. The Kier molecular flexibility index (Phi) is 3.82. The van der Waals surface area contributed by atoms with E-state index in [-0.39, 0.29) is 11.6 Å². The molecule has 2 aliphatic rings. The summed E-state index contributed by atoms with van der Waals surface area (Å²) in [4.78, 5) is 4.67. The Morgan fingerprint density at radius 2 is 2.20 bits per heavy atom. The highest BCUT2D eigenvalue weighted by Gasteiger charge is 2.41. The average molecular weight is 279 g/mol. The van der Waals surface area contributed by atoms with Crippen LogP contribution in [0.4, 0.5) is 0 Å².